The molecule has 2 rings (SSSR count). The second-order valence-electron chi connectivity index (χ2n) is 2.52. The van der Waals surface area contributed by atoms with Crippen molar-refractivity contribution in [1.82, 2.24) is 10.1 Å². The van der Waals surface area contributed by atoms with E-state index < -0.39 is 0 Å². The van der Waals surface area contributed by atoms with Gasteiger partial charge in [0.05, 0.1) is 0 Å². The number of halogens is 1. The molecule has 4 nitrogen and oxygen atoms in total. The van der Waals surface area contributed by atoms with Gasteiger partial charge in [0, 0.05) is 0 Å². The summed E-state index contributed by atoms with van der Waals surface area (Å²) in [7, 11) is 0. The third kappa shape index (κ3) is 2.03. The Bertz CT molecular complexity index is 402. The number of hydrogen-bond acceptors (Lipinski definition) is 4. The molecule has 0 bridgehead atoms. The Hall–Kier alpha value is -1.55. The minimum Gasteiger partial charge on any atom is -0.422 e. The fraction of sp³-hybridized carbons (Fsp3) is 0.111. The Morgan fingerprint density at radius 3 is 2.71 bits per heavy atom. The van der Waals surface area contributed by atoms with Gasteiger partial charge in [0.15, 0.2) is 0 Å². The zero-order valence-electron chi connectivity index (χ0n) is 7.18. The van der Waals surface area contributed by atoms with Gasteiger partial charge in [-0.25, -0.2) is 0 Å². The molecule has 1 aromatic carbocycles. The molecule has 0 aliphatic heterocycles. The van der Waals surface area contributed by atoms with Crippen molar-refractivity contribution < 1.29 is 9.26 Å². The number of alkyl halides is 1. The van der Waals surface area contributed by atoms with Crippen molar-refractivity contribution in [2.45, 2.75) is 5.88 Å². The number of para-hydroxylation sites is 1. The van der Waals surface area contributed by atoms with Gasteiger partial charge in [-0.3, -0.25) is 0 Å². The van der Waals surface area contributed by atoms with Crippen LogP contribution >= 0.6 is 11.6 Å². The average Bonchev–Trinajstić information content (AvgIpc) is 2.67. The van der Waals surface area contributed by atoms with Crippen LogP contribution in [0.15, 0.2) is 34.9 Å². The van der Waals surface area contributed by atoms with Crippen molar-refractivity contribution in [2.75, 3.05) is 0 Å². The molecule has 0 saturated carbocycles. The van der Waals surface area contributed by atoms with Crippen molar-refractivity contribution in [3.63, 3.8) is 0 Å². The summed E-state index contributed by atoms with van der Waals surface area (Å²) in [6, 6.07) is 9.39. The Kier molecular flexibility index (Phi) is 2.65. The molecular formula is C9H7ClN2O2. The van der Waals surface area contributed by atoms with Crippen LogP contribution in [0.4, 0.5) is 0 Å². The molecule has 0 aliphatic rings. The average molecular weight is 211 g/mol. The first-order valence-electron chi connectivity index (χ1n) is 4.00. The lowest BCUT2D eigenvalue weighted by molar-refractivity contribution is 0.353. The Morgan fingerprint density at radius 1 is 1.29 bits per heavy atom. The first-order valence-corrected chi connectivity index (χ1v) is 4.53. The minimum atomic E-state index is 0.173. The maximum atomic E-state index is 5.49. The Balaban J connectivity index is 2.11. The largest absolute Gasteiger partial charge is 0.422 e. The minimum absolute atomic E-state index is 0.173. The van der Waals surface area contributed by atoms with Crippen LogP contribution in [0.25, 0.3) is 0 Å². The molecule has 0 amide bonds. The van der Waals surface area contributed by atoms with E-state index in [1.54, 1.807) is 12.1 Å². The molecule has 0 radical (unpaired) electrons. The highest BCUT2D eigenvalue weighted by Crippen LogP contribution is 2.17. The number of ether oxygens (including phenoxy) is 1. The van der Waals surface area contributed by atoms with Crippen LogP contribution in [0, 0.1) is 0 Å². The number of nitrogens with zero attached hydrogens (tertiary/aromatic N) is 2. The molecule has 0 aliphatic carbocycles. The summed E-state index contributed by atoms with van der Waals surface area (Å²) >= 11 is 5.49. The molecule has 0 saturated heterocycles. The normalized spacial score (nSPS) is 10.1. The lowest BCUT2D eigenvalue weighted by Gasteiger charge is -1.97. The van der Waals surface area contributed by atoms with Crippen molar-refractivity contribution in [3.8, 4) is 11.8 Å². The molecule has 0 spiro atoms. The zero-order chi connectivity index (χ0) is 9.80. The summed E-state index contributed by atoms with van der Waals surface area (Å²) in [6.07, 6.45) is 0. The van der Waals surface area contributed by atoms with Gasteiger partial charge in [-0.05, 0) is 17.3 Å². The topological polar surface area (TPSA) is 48.2 Å². The smallest absolute Gasteiger partial charge is 0.359 e. The molecule has 72 valence electrons. The second kappa shape index (κ2) is 4.11. The highest BCUT2D eigenvalue weighted by atomic mass is 35.5. The van der Waals surface area contributed by atoms with E-state index in [1.165, 1.54) is 0 Å². The van der Waals surface area contributed by atoms with E-state index in [1.807, 2.05) is 18.2 Å². The Morgan fingerprint density at radius 2 is 2.07 bits per heavy atom. The molecule has 0 fully saturated rings. The van der Waals surface area contributed by atoms with Crippen LogP contribution in [0.2, 0.25) is 0 Å². The highest BCUT2D eigenvalue weighted by molar-refractivity contribution is 6.16. The molecule has 5 heteroatoms. The fourth-order valence-corrected chi connectivity index (χ4v) is 1.04. The second-order valence-corrected chi connectivity index (χ2v) is 2.79. The molecule has 0 N–H and O–H groups in total. The number of hydrogen-bond donors (Lipinski definition) is 0. The summed E-state index contributed by atoms with van der Waals surface area (Å²) in [5.74, 6) is 1.19. The van der Waals surface area contributed by atoms with Crippen LogP contribution < -0.4 is 4.74 Å². The molecular weight excluding hydrogens is 204 g/mol. The zero-order valence-corrected chi connectivity index (χ0v) is 7.94. The van der Waals surface area contributed by atoms with Crippen molar-refractivity contribution in [3.05, 3.63) is 36.2 Å². The third-order valence-electron chi connectivity index (χ3n) is 1.52. The monoisotopic (exact) mass is 210 g/mol. The lowest BCUT2D eigenvalue weighted by Crippen LogP contribution is -1.85. The van der Waals surface area contributed by atoms with Crippen molar-refractivity contribution in [1.29, 1.82) is 0 Å². The molecule has 1 aromatic heterocycles. The van der Waals surface area contributed by atoms with Crippen LogP contribution in [0.1, 0.15) is 5.89 Å². The standard InChI is InChI=1S/C9H7ClN2O2/c10-6-8-11-9(12-14-8)13-7-4-2-1-3-5-7/h1-5H,6H2. The van der Waals surface area contributed by atoms with Gasteiger partial charge in [-0.1, -0.05) is 18.2 Å². The van der Waals surface area contributed by atoms with Gasteiger partial charge in [0.1, 0.15) is 11.6 Å². The van der Waals surface area contributed by atoms with E-state index >= 15 is 0 Å². The number of benzene rings is 1. The van der Waals surface area contributed by atoms with Gasteiger partial charge in [0.2, 0.25) is 5.89 Å². The van der Waals surface area contributed by atoms with E-state index in [2.05, 4.69) is 10.1 Å². The number of rotatable bonds is 3. The third-order valence-corrected chi connectivity index (χ3v) is 1.74. The van der Waals surface area contributed by atoms with Crippen LogP contribution in [-0.2, 0) is 5.88 Å². The predicted octanol–water partition coefficient (Wildman–Crippen LogP) is 2.60. The van der Waals surface area contributed by atoms with Gasteiger partial charge in [-0.15, -0.1) is 11.6 Å². The van der Waals surface area contributed by atoms with E-state index in [0.717, 1.165) is 0 Å². The SMILES string of the molecule is ClCc1nc(Oc2ccccc2)no1. The summed E-state index contributed by atoms with van der Waals surface area (Å²) in [4.78, 5) is 3.89. The molecule has 1 heterocycles. The first-order chi connectivity index (χ1) is 6.88. The quantitative estimate of drug-likeness (QED) is 0.731. The summed E-state index contributed by atoms with van der Waals surface area (Å²) < 4.78 is 10.1. The van der Waals surface area contributed by atoms with Gasteiger partial charge < -0.3 is 9.26 Å². The first kappa shape index (κ1) is 9.02. The molecule has 2 aromatic rings. The predicted molar refractivity (Wildman–Crippen MR) is 50.4 cm³/mol. The van der Waals surface area contributed by atoms with E-state index in [4.69, 9.17) is 20.9 Å². The lowest BCUT2D eigenvalue weighted by atomic mass is 10.3. The summed E-state index contributed by atoms with van der Waals surface area (Å²) in [5.41, 5.74) is 0. The Labute approximate surface area is 85.5 Å². The summed E-state index contributed by atoms with van der Waals surface area (Å²) in [6.45, 7) is 0. The maximum absolute atomic E-state index is 5.49. The number of aromatic nitrogens is 2. The molecule has 14 heavy (non-hydrogen) atoms. The van der Waals surface area contributed by atoms with E-state index in [9.17, 15) is 0 Å². The fourth-order valence-electron chi connectivity index (χ4n) is 0.929. The highest BCUT2D eigenvalue weighted by Gasteiger charge is 2.06. The van der Waals surface area contributed by atoms with Gasteiger partial charge in [0.25, 0.3) is 0 Å². The van der Waals surface area contributed by atoms with E-state index in [-0.39, 0.29) is 11.9 Å². The van der Waals surface area contributed by atoms with Crippen molar-refractivity contribution in [2.24, 2.45) is 0 Å². The molecule has 0 unspecified atom stereocenters. The maximum Gasteiger partial charge on any atom is 0.359 e. The van der Waals surface area contributed by atoms with Crippen LogP contribution in [0.3, 0.4) is 0 Å². The summed E-state index contributed by atoms with van der Waals surface area (Å²) in [5, 5.41) is 3.59. The molecule has 0 atom stereocenters. The van der Waals surface area contributed by atoms with Crippen molar-refractivity contribution >= 4 is 11.6 Å². The van der Waals surface area contributed by atoms with E-state index in [0.29, 0.717) is 11.6 Å². The van der Waals surface area contributed by atoms with Crippen LogP contribution in [0.5, 0.6) is 11.8 Å². The van der Waals surface area contributed by atoms with Gasteiger partial charge in [-0.2, -0.15) is 4.98 Å². The van der Waals surface area contributed by atoms with Crippen LogP contribution in [-0.4, -0.2) is 10.1 Å². The van der Waals surface area contributed by atoms with Gasteiger partial charge >= 0.3 is 6.01 Å².